The summed E-state index contributed by atoms with van der Waals surface area (Å²) in [7, 11) is 0. The van der Waals surface area contributed by atoms with Crippen molar-refractivity contribution in [3.63, 3.8) is 0 Å². The lowest BCUT2D eigenvalue weighted by atomic mass is 9.90. The first-order valence-corrected chi connectivity index (χ1v) is 5.24. The van der Waals surface area contributed by atoms with Crippen LogP contribution in [-0.4, -0.2) is 5.75 Å². The van der Waals surface area contributed by atoms with Gasteiger partial charge >= 0.3 is 0 Å². The fourth-order valence-electron chi connectivity index (χ4n) is 2.72. The second kappa shape index (κ2) is 1.78. The third-order valence-electron chi connectivity index (χ3n) is 3.40. The van der Waals surface area contributed by atoms with Crippen molar-refractivity contribution in [1.82, 2.24) is 0 Å². The van der Waals surface area contributed by atoms with Gasteiger partial charge in [0.2, 0.25) is 0 Å². The monoisotopic (exact) mass is 184 g/mol. The topological polar surface area (TPSA) is 0 Å². The van der Waals surface area contributed by atoms with Gasteiger partial charge in [0, 0.05) is 11.7 Å². The van der Waals surface area contributed by atoms with Crippen molar-refractivity contribution in [2.24, 2.45) is 5.92 Å². The molecule has 9 rings (SSSR count). The van der Waals surface area contributed by atoms with Crippen molar-refractivity contribution >= 4 is 41.1 Å². The van der Waals surface area contributed by atoms with Gasteiger partial charge in [0.15, 0.2) is 0 Å². The highest BCUT2D eigenvalue weighted by atomic mass is 32.1. The van der Waals surface area contributed by atoms with E-state index in [0.29, 0.717) is 5.92 Å². The van der Waals surface area contributed by atoms with E-state index in [-0.39, 0.29) is 0 Å². The molecule has 0 unspecified atom stereocenters. The summed E-state index contributed by atoms with van der Waals surface area (Å²) in [6.45, 7) is 0. The Labute approximate surface area is 81.0 Å². The van der Waals surface area contributed by atoms with E-state index in [2.05, 4.69) is 36.9 Å². The van der Waals surface area contributed by atoms with Crippen LogP contribution in [0.3, 0.4) is 0 Å². The molecule has 1 heteroatoms. The lowest BCUT2D eigenvalue weighted by Crippen LogP contribution is -2.32. The fourth-order valence-corrected chi connectivity index (χ4v) is 3.12. The number of rotatable bonds is 1. The highest BCUT2D eigenvalue weighted by Gasteiger charge is 2.22. The number of benzene rings is 2. The molecule has 3 aromatic carbocycles. The Morgan fingerprint density at radius 3 is 2.23 bits per heavy atom. The van der Waals surface area contributed by atoms with E-state index in [1.165, 1.54) is 32.0 Å². The summed E-state index contributed by atoms with van der Waals surface area (Å²) in [5.41, 5.74) is 1.47. The molecule has 3 aromatic rings. The summed E-state index contributed by atoms with van der Waals surface area (Å²) in [5.74, 6) is 1.42. The van der Waals surface area contributed by atoms with Gasteiger partial charge in [-0.2, -0.15) is 12.6 Å². The molecule has 0 heterocycles. The molecule has 0 radical (unpaired) electrons. The van der Waals surface area contributed by atoms with Crippen LogP contribution in [0.2, 0.25) is 0 Å². The molecule has 0 fully saturated rings. The van der Waals surface area contributed by atoms with Crippen LogP contribution in [0, 0.1) is 5.92 Å². The van der Waals surface area contributed by atoms with E-state index in [4.69, 9.17) is 0 Å². The fraction of sp³-hybridized carbons (Fsp3) is 0.167. The zero-order chi connectivity index (χ0) is 8.58. The Morgan fingerprint density at radius 2 is 1.69 bits per heavy atom. The van der Waals surface area contributed by atoms with Crippen LogP contribution in [0.15, 0.2) is 12.1 Å². The van der Waals surface area contributed by atoms with Gasteiger partial charge in [0.1, 0.15) is 0 Å². The molecule has 0 aromatic heterocycles. The van der Waals surface area contributed by atoms with E-state index in [0.717, 1.165) is 5.75 Å². The predicted octanol–water partition coefficient (Wildman–Crippen LogP) is 0.281. The molecule has 0 saturated carbocycles. The van der Waals surface area contributed by atoms with Gasteiger partial charge in [0.25, 0.3) is 0 Å². The molecule has 0 N–H and O–H groups in total. The van der Waals surface area contributed by atoms with Crippen molar-refractivity contribution in [2.75, 3.05) is 5.75 Å². The standard InChI is InChI=1S/C12H8S/c13-5-12-6-1-8-9-3-7(12)4-10(8)11(9)2-6/h1-4,6,13H,5H2. The minimum Gasteiger partial charge on any atom is -0.175 e. The van der Waals surface area contributed by atoms with Crippen LogP contribution < -0.4 is 15.7 Å². The van der Waals surface area contributed by atoms with Crippen molar-refractivity contribution in [2.45, 2.75) is 0 Å². The first-order valence-electron chi connectivity index (χ1n) is 4.61. The van der Waals surface area contributed by atoms with Gasteiger partial charge in [-0.05, 0) is 44.1 Å². The Balaban J connectivity index is 2.41. The van der Waals surface area contributed by atoms with Gasteiger partial charge < -0.3 is 0 Å². The molecule has 0 nitrogen and oxygen atoms in total. The van der Waals surface area contributed by atoms with Crippen LogP contribution >= 0.6 is 12.6 Å². The van der Waals surface area contributed by atoms with E-state index >= 15 is 0 Å². The second-order valence-corrected chi connectivity index (χ2v) is 4.26. The third kappa shape index (κ3) is 0.537. The average Bonchev–Trinajstić information content (AvgIpc) is 2.51. The molecule has 0 saturated heterocycles. The number of hydrogen-bond acceptors (Lipinski definition) is 1. The third-order valence-corrected chi connectivity index (χ3v) is 3.74. The molecule has 6 aliphatic carbocycles. The molecular weight excluding hydrogens is 176 g/mol. The first kappa shape index (κ1) is 6.50. The van der Waals surface area contributed by atoms with Gasteiger partial charge in [-0.3, -0.25) is 0 Å². The maximum absolute atomic E-state index is 4.41. The summed E-state index contributed by atoms with van der Waals surface area (Å²) in [6.07, 6.45) is 4.77. The summed E-state index contributed by atoms with van der Waals surface area (Å²) in [4.78, 5) is 0. The summed E-state index contributed by atoms with van der Waals surface area (Å²) in [6, 6.07) is 4.65. The molecule has 0 amide bonds. The van der Waals surface area contributed by atoms with Crippen LogP contribution in [-0.2, 0) is 0 Å². The quantitative estimate of drug-likeness (QED) is 0.605. The zero-order valence-electron chi connectivity index (χ0n) is 7.04. The Bertz CT molecular complexity index is 604. The van der Waals surface area contributed by atoms with E-state index in [9.17, 15) is 0 Å². The first-order chi connectivity index (χ1) is 6.38. The molecule has 0 atom stereocenters. The zero-order valence-corrected chi connectivity index (χ0v) is 7.94. The molecular formula is C12H8S. The average molecular weight is 184 g/mol. The van der Waals surface area contributed by atoms with Gasteiger partial charge in [0.05, 0.1) is 0 Å². The van der Waals surface area contributed by atoms with Crippen LogP contribution in [0.25, 0.3) is 28.5 Å². The molecule has 62 valence electrons. The van der Waals surface area contributed by atoms with Gasteiger partial charge in [-0.1, -0.05) is 12.2 Å². The summed E-state index contributed by atoms with van der Waals surface area (Å²) >= 11 is 4.41. The van der Waals surface area contributed by atoms with Crippen LogP contribution in [0.1, 0.15) is 0 Å². The lowest BCUT2D eigenvalue weighted by molar-refractivity contribution is 1.20. The van der Waals surface area contributed by atoms with Crippen LogP contribution in [0.5, 0.6) is 0 Å². The second-order valence-electron chi connectivity index (χ2n) is 3.94. The Kier molecular flexibility index (Phi) is 0.889. The maximum Gasteiger partial charge on any atom is 0.0193 e. The van der Waals surface area contributed by atoms with Gasteiger partial charge in [-0.25, -0.2) is 0 Å². The number of hydrogen-bond donors (Lipinski definition) is 1. The summed E-state index contributed by atoms with van der Waals surface area (Å²) in [5, 5.41) is 7.34. The predicted molar refractivity (Wildman–Crippen MR) is 59.3 cm³/mol. The van der Waals surface area contributed by atoms with Crippen molar-refractivity contribution in [3.8, 4) is 0 Å². The summed E-state index contributed by atoms with van der Waals surface area (Å²) < 4.78 is 0. The molecule has 0 spiro atoms. The Morgan fingerprint density at radius 1 is 1.08 bits per heavy atom. The normalized spacial score (nSPS) is 18.7. The largest absolute Gasteiger partial charge is 0.175 e. The molecule has 6 aliphatic rings. The van der Waals surface area contributed by atoms with Gasteiger partial charge in [-0.15, -0.1) is 0 Å². The van der Waals surface area contributed by atoms with Crippen LogP contribution in [0.4, 0.5) is 0 Å². The van der Waals surface area contributed by atoms with Crippen molar-refractivity contribution in [1.29, 1.82) is 0 Å². The SMILES string of the molecule is SCC1=c2cc3c4c(c2)c3=CC1C=4. The smallest absolute Gasteiger partial charge is 0.0193 e. The Hall–Kier alpha value is -0.950. The minimum absolute atomic E-state index is 0.544. The number of thiol groups is 1. The van der Waals surface area contributed by atoms with E-state index in [1.807, 2.05) is 0 Å². The van der Waals surface area contributed by atoms with Crippen molar-refractivity contribution < 1.29 is 0 Å². The van der Waals surface area contributed by atoms with E-state index < -0.39 is 0 Å². The molecule has 6 bridgehead atoms. The molecule has 13 heavy (non-hydrogen) atoms. The minimum atomic E-state index is 0.544. The highest BCUT2D eigenvalue weighted by molar-refractivity contribution is 7.80. The maximum atomic E-state index is 4.41. The van der Waals surface area contributed by atoms with Crippen molar-refractivity contribution in [3.05, 3.63) is 27.8 Å². The highest BCUT2D eigenvalue weighted by Crippen LogP contribution is 2.24. The van der Waals surface area contributed by atoms with E-state index in [1.54, 1.807) is 0 Å². The molecule has 0 aliphatic heterocycles. The lowest BCUT2D eigenvalue weighted by Gasteiger charge is -2.15.